The number of rotatable bonds is 8. The van der Waals surface area contributed by atoms with Crippen LogP contribution in [0.5, 0.6) is 11.5 Å². The van der Waals surface area contributed by atoms with Gasteiger partial charge < -0.3 is 14.2 Å². The van der Waals surface area contributed by atoms with E-state index in [1.807, 2.05) is 43.3 Å². The second-order valence-corrected chi connectivity index (χ2v) is 6.29. The van der Waals surface area contributed by atoms with Crippen molar-refractivity contribution in [2.75, 3.05) is 20.8 Å². The Kier molecular flexibility index (Phi) is 5.76. The van der Waals surface area contributed by atoms with Crippen molar-refractivity contribution < 1.29 is 19.0 Å². The van der Waals surface area contributed by atoms with Gasteiger partial charge in [0.1, 0.15) is 5.60 Å². The van der Waals surface area contributed by atoms with Crippen LogP contribution in [0.25, 0.3) is 0 Å². The van der Waals surface area contributed by atoms with Crippen molar-refractivity contribution in [1.82, 2.24) is 5.43 Å². The van der Waals surface area contributed by atoms with Crippen LogP contribution in [0.3, 0.4) is 0 Å². The average molecular weight is 368 g/mol. The van der Waals surface area contributed by atoms with Crippen molar-refractivity contribution in [3.05, 3.63) is 59.7 Å². The lowest BCUT2D eigenvalue weighted by Crippen LogP contribution is -2.26. The fourth-order valence-corrected chi connectivity index (χ4v) is 3.27. The van der Waals surface area contributed by atoms with E-state index in [1.54, 1.807) is 32.6 Å². The van der Waals surface area contributed by atoms with Crippen molar-refractivity contribution in [3.63, 3.8) is 0 Å². The zero-order valence-corrected chi connectivity index (χ0v) is 15.8. The molecule has 3 rings (SSSR count). The molecule has 0 aromatic heterocycles. The van der Waals surface area contributed by atoms with Crippen LogP contribution in [0.1, 0.15) is 24.5 Å². The summed E-state index contributed by atoms with van der Waals surface area (Å²) in [5.74, 6) is 0.849. The molecule has 2 atom stereocenters. The summed E-state index contributed by atoms with van der Waals surface area (Å²) >= 11 is 0. The molecule has 0 aliphatic heterocycles. The molecular weight excluding hydrogens is 344 g/mol. The maximum absolute atomic E-state index is 12.5. The lowest BCUT2D eigenvalue weighted by Gasteiger charge is -2.17. The normalized spacial score (nSPS) is 21.1. The van der Waals surface area contributed by atoms with Gasteiger partial charge >= 0.3 is 0 Å². The monoisotopic (exact) mass is 368 g/mol. The van der Waals surface area contributed by atoms with E-state index in [0.717, 1.165) is 11.1 Å². The number of hydrogen-bond donors (Lipinski definition) is 1. The Morgan fingerprint density at radius 1 is 1.19 bits per heavy atom. The van der Waals surface area contributed by atoms with Crippen LogP contribution in [-0.2, 0) is 15.1 Å². The summed E-state index contributed by atoms with van der Waals surface area (Å²) < 4.78 is 16.4. The molecule has 142 valence electrons. The number of ether oxygens (including phenoxy) is 3. The van der Waals surface area contributed by atoms with E-state index in [-0.39, 0.29) is 11.8 Å². The molecule has 6 nitrogen and oxygen atoms in total. The summed E-state index contributed by atoms with van der Waals surface area (Å²) in [7, 11) is 3.16. The fraction of sp³-hybridized carbons (Fsp3) is 0.333. The number of benzene rings is 2. The minimum atomic E-state index is -0.543. The van der Waals surface area contributed by atoms with Gasteiger partial charge in [-0.3, -0.25) is 4.79 Å². The van der Waals surface area contributed by atoms with Crippen LogP contribution in [0.2, 0.25) is 0 Å². The van der Waals surface area contributed by atoms with E-state index < -0.39 is 5.60 Å². The lowest BCUT2D eigenvalue weighted by atomic mass is 10.1. The molecule has 1 aliphatic carbocycles. The molecule has 0 unspecified atom stereocenters. The Balaban J connectivity index is 1.65. The van der Waals surface area contributed by atoms with Gasteiger partial charge in [-0.1, -0.05) is 30.3 Å². The van der Waals surface area contributed by atoms with Crippen LogP contribution < -0.4 is 14.9 Å². The molecule has 0 spiro atoms. The van der Waals surface area contributed by atoms with Crippen molar-refractivity contribution in [2.45, 2.75) is 18.9 Å². The van der Waals surface area contributed by atoms with E-state index >= 15 is 0 Å². The van der Waals surface area contributed by atoms with Crippen LogP contribution in [0.15, 0.2) is 53.6 Å². The van der Waals surface area contributed by atoms with E-state index in [9.17, 15) is 4.79 Å². The summed E-state index contributed by atoms with van der Waals surface area (Å²) in [4.78, 5) is 12.5. The second-order valence-electron chi connectivity index (χ2n) is 6.29. The summed E-state index contributed by atoms with van der Waals surface area (Å²) in [5.41, 5.74) is 3.90. The zero-order chi connectivity index (χ0) is 19.3. The molecule has 1 N–H and O–H groups in total. The predicted octanol–water partition coefficient (Wildman–Crippen LogP) is 3.11. The van der Waals surface area contributed by atoms with Gasteiger partial charge in [0.25, 0.3) is 0 Å². The summed E-state index contributed by atoms with van der Waals surface area (Å²) in [6.07, 6.45) is 2.23. The smallest absolute Gasteiger partial charge is 0.246 e. The van der Waals surface area contributed by atoms with Crippen LogP contribution in [-0.4, -0.2) is 32.9 Å². The number of nitrogens with one attached hydrogen (secondary N) is 1. The molecule has 0 radical (unpaired) electrons. The van der Waals surface area contributed by atoms with Crippen LogP contribution >= 0.6 is 0 Å². The molecule has 6 heteroatoms. The minimum absolute atomic E-state index is 0.149. The number of carbonyl (C=O) groups excluding carboxylic acids is 1. The third-order valence-corrected chi connectivity index (χ3v) is 4.69. The van der Waals surface area contributed by atoms with Gasteiger partial charge in [0.15, 0.2) is 11.5 Å². The number of hydrogen-bond acceptors (Lipinski definition) is 5. The standard InChI is InChI=1S/C21H24N2O4/c1-4-27-21(16-8-6-5-7-9-16)13-17(21)20(24)23-22-14-15-10-11-18(25-2)19(12-15)26-3/h5-12,14,17H,4,13H2,1-3H3,(H,23,24)/t17-,21-/m1/s1. The molecule has 0 saturated heterocycles. The maximum Gasteiger partial charge on any atom is 0.246 e. The van der Waals surface area contributed by atoms with Gasteiger partial charge in [0.05, 0.1) is 26.4 Å². The molecule has 27 heavy (non-hydrogen) atoms. The summed E-state index contributed by atoms with van der Waals surface area (Å²) in [6.45, 7) is 2.49. The second kappa shape index (κ2) is 8.22. The van der Waals surface area contributed by atoms with Crippen LogP contribution in [0, 0.1) is 5.92 Å². The quantitative estimate of drug-likeness (QED) is 0.574. The van der Waals surface area contributed by atoms with E-state index in [1.165, 1.54) is 0 Å². The first-order valence-corrected chi connectivity index (χ1v) is 8.89. The van der Waals surface area contributed by atoms with Gasteiger partial charge in [-0.2, -0.15) is 5.10 Å². The third kappa shape index (κ3) is 3.95. The van der Waals surface area contributed by atoms with Crippen molar-refractivity contribution in [1.29, 1.82) is 0 Å². The first-order chi connectivity index (χ1) is 13.1. The molecule has 0 heterocycles. The van der Waals surface area contributed by atoms with Crippen molar-refractivity contribution >= 4 is 12.1 Å². The van der Waals surface area contributed by atoms with Gasteiger partial charge in [-0.15, -0.1) is 0 Å². The molecule has 0 bridgehead atoms. The van der Waals surface area contributed by atoms with Gasteiger partial charge in [-0.05, 0) is 42.7 Å². The molecular formula is C21H24N2O4. The van der Waals surface area contributed by atoms with E-state index in [2.05, 4.69) is 10.5 Å². The minimum Gasteiger partial charge on any atom is -0.493 e. The zero-order valence-electron chi connectivity index (χ0n) is 15.8. The highest BCUT2D eigenvalue weighted by Gasteiger charge is 2.60. The molecule has 1 aliphatic rings. The summed E-state index contributed by atoms with van der Waals surface area (Å²) in [6, 6.07) is 15.3. The Bertz CT molecular complexity index is 822. The highest BCUT2D eigenvalue weighted by molar-refractivity contribution is 5.86. The van der Waals surface area contributed by atoms with Gasteiger partial charge in [-0.25, -0.2) is 5.43 Å². The molecule has 2 aromatic rings. The fourth-order valence-electron chi connectivity index (χ4n) is 3.27. The highest BCUT2D eigenvalue weighted by Crippen LogP contribution is 2.55. The van der Waals surface area contributed by atoms with E-state index in [4.69, 9.17) is 14.2 Å². The Morgan fingerprint density at radius 3 is 2.59 bits per heavy atom. The first kappa shape index (κ1) is 18.9. The Labute approximate surface area is 159 Å². The maximum atomic E-state index is 12.5. The predicted molar refractivity (Wildman–Crippen MR) is 103 cm³/mol. The number of nitrogens with zero attached hydrogens (tertiary/aromatic N) is 1. The number of hydrazone groups is 1. The SMILES string of the molecule is CCO[C@@]1(c2ccccc2)C[C@@H]1C(=O)NN=Cc1ccc(OC)c(OC)c1. The van der Waals surface area contributed by atoms with Crippen molar-refractivity contribution in [3.8, 4) is 11.5 Å². The molecule has 1 amide bonds. The number of methoxy groups -OCH3 is 2. The first-order valence-electron chi connectivity index (χ1n) is 8.89. The average Bonchev–Trinajstić information content (AvgIpc) is 3.44. The van der Waals surface area contributed by atoms with Gasteiger partial charge in [0.2, 0.25) is 5.91 Å². The van der Waals surface area contributed by atoms with Crippen molar-refractivity contribution in [2.24, 2.45) is 11.0 Å². The topological polar surface area (TPSA) is 69.2 Å². The Morgan fingerprint density at radius 2 is 1.93 bits per heavy atom. The largest absolute Gasteiger partial charge is 0.493 e. The highest BCUT2D eigenvalue weighted by atomic mass is 16.5. The van der Waals surface area contributed by atoms with Gasteiger partial charge in [0, 0.05) is 6.61 Å². The van der Waals surface area contributed by atoms with E-state index in [0.29, 0.717) is 24.5 Å². The summed E-state index contributed by atoms with van der Waals surface area (Å²) in [5, 5.41) is 4.08. The Hall–Kier alpha value is -2.86. The number of amides is 1. The third-order valence-electron chi connectivity index (χ3n) is 4.69. The molecule has 2 aromatic carbocycles. The molecule has 1 saturated carbocycles. The lowest BCUT2D eigenvalue weighted by molar-refractivity contribution is -0.124. The molecule has 1 fully saturated rings. The van der Waals surface area contributed by atoms with Crippen LogP contribution in [0.4, 0.5) is 0 Å². The number of carbonyl (C=O) groups is 1.